The third kappa shape index (κ3) is 2.45. The standard InChI is InChI=1S/C10H14N4/c1-7-2-3-9(6-12-7)14-10(11)13-8-4-5-8/h2-3,6,8H,4-5H2,1H3,(H3,11,13,14). The topological polar surface area (TPSA) is 63.3 Å². The van der Waals surface area contributed by atoms with E-state index in [0.29, 0.717) is 12.0 Å². The Morgan fingerprint density at radius 3 is 2.93 bits per heavy atom. The lowest BCUT2D eigenvalue weighted by atomic mass is 10.3. The second-order valence-corrected chi connectivity index (χ2v) is 3.56. The van der Waals surface area contributed by atoms with Crippen molar-refractivity contribution in [3.8, 4) is 0 Å². The highest BCUT2D eigenvalue weighted by Gasteiger charge is 2.20. The summed E-state index contributed by atoms with van der Waals surface area (Å²) in [6.07, 6.45) is 4.08. The molecule has 0 aromatic carbocycles. The van der Waals surface area contributed by atoms with Crippen molar-refractivity contribution in [1.29, 1.82) is 0 Å². The SMILES string of the molecule is Cc1ccc(NC(N)=NC2CC2)cn1. The molecule has 0 atom stereocenters. The van der Waals surface area contributed by atoms with Crippen molar-refractivity contribution in [2.75, 3.05) is 5.32 Å². The number of anilines is 1. The first-order valence-electron chi connectivity index (χ1n) is 4.77. The molecule has 1 fully saturated rings. The number of aryl methyl sites for hydroxylation is 1. The number of aromatic nitrogens is 1. The highest BCUT2D eigenvalue weighted by atomic mass is 15.1. The van der Waals surface area contributed by atoms with Gasteiger partial charge in [-0.15, -0.1) is 0 Å². The number of rotatable bonds is 2. The Balaban J connectivity index is 1.99. The molecule has 3 N–H and O–H groups in total. The molecule has 1 aromatic heterocycles. The molecule has 1 aliphatic carbocycles. The molecule has 0 saturated heterocycles. The lowest BCUT2D eigenvalue weighted by Crippen LogP contribution is -2.23. The van der Waals surface area contributed by atoms with E-state index in [9.17, 15) is 0 Å². The van der Waals surface area contributed by atoms with Gasteiger partial charge in [-0.3, -0.25) is 4.98 Å². The summed E-state index contributed by atoms with van der Waals surface area (Å²) in [4.78, 5) is 8.42. The lowest BCUT2D eigenvalue weighted by molar-refractivity contribution is 1.06. The Morgan fingerprint density at radius 2 is 2.36 bits per heavy atom. The zero-order valence-electron chi connectivity index (χ0n) is 8.20. The van der Waals surface area contributed by atoms with Crippen LogP contribution in [0, 0.1) is 6.92 Å². The first kappa shape index (κ1) is 8.99. The van der Waals surface area contributed by atoms with Crippen LogP contribution in [0.2, 0.25) is 0 Å². The summed E-state index contributed by atoms with van der Waals surface area (Å²) in [6.45, 7) is 1.95. The summed E-state index contributed by atoms with van der Waals surface area (Å²) in [7, 11) is 0. The fourth-order valence-corrected chi connectivity index (χ4v) is 1.12. The molecule has 0 aliphatic heterocycles. The minimum Gasteiger partial charge on any atom is -0.370 e. The zero-order valence-corrected chi connectivity index (χ0v) is 8.20. The first-order valence-corrected chi connectivity index (χ1v) is 4.77. The van der Waals surface area contributed by atoms with Crippen LogP contribution in [0.5, 0.6) is 0 Å². The summed E-state index contributed by atoms with van der Waals surface area (Å²) in [5.74, 6) is 0.484. The maximum absolute atomic E-state index is 5.70. The minimum atomic E-state index is 0.445. The molecule has 14 heavy (non-hydrogen) atoms. The summed E-state index contributed by atoms with van der Waals surface area (Å²) in [6, 6.07) is 4.32. The number of nitrogens with two attached hydrogens (primary N) is 1. The van der Waals surface area contributed by atoms with Gasteiger partial charge < -0.3 is 11.1 Å². The van der Waals surface area contributed by atoms with Crippen molar-refractivity contribution in [2.24, 2.45) is 10.7 Å². The summed E-state index contributed by atoms with van der Waals surface area (Å²) in [5, 5.41) is 3.01. The zero-order chi connectivity index (χ0) is 9.97. The Bertz CT molecular complexity index is 338. The maximum atomic E-state index is 5.70. The molecular formula is C10H14N4. The maximum Gasteiger partial charge on any atom is 0.193 e. The van der Waals surface area contributed by atoms with Crippen LogP contribution in [0.15, 0.2) is 23.3 Å². The normalized spacial score (nSPS) is 16.8. The van der Waals surface area contributed by atoms with Gasteiger partial charge in [-0.05, 0) is 31.9 Å². The Kier molecular flexibility index (Phi) is 2.35. The Morgan fingerprint density at radius 1 is 1.57 bits per heavy atom. The highest BCUT2D eigenvalue weighted by Crippen LogP contribution is 2.23. The van der Waals surface area contributed by atoms with E-state index in [2.05, 4.69) is 15.3 Å². The number of aliphatic imine (C=N–C) groups is 1. The van der Waals surface area contributed by atoms with Gasteiger partial charge in [0.1, 0.15) is 0 Å². The lowest BCUT2D eigenvalue weighted by Gasteiger charge is -2.04. The van der Waals surface area contributed by atoms with Crippen LogP contribution in [-0.4, -0.2) is 17.0 Å². The average molecular weight is 190 g/mol. The third-order valence-corrected chi connectivity index (χ3v) is 2.05. The summed E-state index contributed by atoms with van der Waals surface area (Å²) in [5.41, 5.74) is 7.58. The van der Waals surface area contributed by atoms with E-state index in [1.807, 2.05) is 19.1 Å². The third-order valence-electron chi connectivity index (χ3n) is 2.05. The van der Waals surface area contributed by atoms with Gasteiger partial charge in [0.05, 0.1) is 17.9 Å². The van der Waals surface area contributed by atoms with Crippen molar-refractivity contribution in [3.63, 3.8) is 0 Å². The number of hydrogen-bond donors (Lipinski definition) is 2. The van der Waals surface area contributed by atoms with Crippen LogP contribution in [0.4, 0.5) is 5.69 Å². The fraction of sp³-hybridized carbons (Fsp3) is 0.400. The summed E-state index contributed by atoms with van der Waals surface area (Å²) < 4.78 is 0. The largest absolute Gasteiger partial charge is 0.370 e. The van der Waals surface area contributed by atoms with E-state index < -0.39 is 0 Å². The molecule has 0 radical (unpaired) electrons. The first-order chi connectivity index (χ1) is 6.74. The van der Waals surface area contributed by atoms with Crippen LogP contribution in [0.3, 0.4) is 0 Å². The molecule has 4 heteroatoms. The van der Waals surface area contributed by atoms with Crippen molar-refractivity contribution in [3.05, 3.63) is 24.0 Å². The molecule has 0 spiro atoms. The number of guanidine groups is 1. The van der Waals surface area contributed by atoms with Crippen molar-refractivity contribution in [2.45, 2.75) is 25.8 Å². The number of nitrogens with one attached hydrogen (secondary N) is 1. The molecule has 74 valence electrons. The van der Waals surface area contributed by atoms with Crippen LogP contribution in [0.1, 0.15) is 18.5 Å². The van der Waals surface area contributed by atoms with E-state index in [-0.39, 0.29) is 0 Å². The van der Waals surface area contributed by atoms with Crippen LogP contribution in [0.25, 0.3) is 0 Å². The smallest absolute Gasteiger partial charge is 0.193 e. The molecule has 1 aromatic rings. The Hall–Kier alpha value is -1.58. The highest BCUT2D eigenvalue weighted by molar-refractivity contribution is 5.92. The average Bonchev–Trinajstić information content (AvgIpc) is 2.93. The molecule has 2 rings (SSSR count). The quantitative estimate of drug-likeness (QED) is 0.545. The molecule has 0 amide bonds. The monoisotopic (exact) mass is 190 g/mol. The molecule has 1 heterocycles. The van der Waals surface area contributed by atoms with Crippen LogP contribution < -0.4 is 11.1 Å². The minimum absolute atomic E-state index is 0.445. The summed E-state index contributed by atoms with van der Waals surface area (Å²) >= 11 is 0. The van der Waals surface area contributed by atoms with E-state index >= 15 is 0 Å². The van der Waals surface area contributed by atoms with Crippen molar-refractivity contribution in [1.82, 2.24) is 4.98 Å². The van der Waals surface area contributed by atoms with Crippen LogP contribution in [-0.2, 0) is 0 Å². The van der Waals surface area contributed by atoms with E-state index in [1.165, 1.54) is 0 Å². The molecule has 4 nitrogen and oxygen atoms in total. The number of pyridine rings is 1. The van der Waals surface area contributed by atoms with Crippen molar-refractivity contribution >= 4 is 11.6 Å². The molecule has 0 bridgehead atoms. The molecule has 0 unspecified atom stereocenters. The predicted octanol–water partition coefficient (Wildman–Crippen LogP) is 1.28. The van der Waals surface area contributed by atoms with Gasteiger partial charge in [0, 0.05) is 5.69 Å². The second-order valence-electron chi connectivity index (χ2n) is 3.56. The molecule has 1 saturated carbocycles. The van der Waals surface area contributed by atoms with Gasteiger partial charge in [0.15, 0.2) is 5.96 Å². The van der Waals surface area contributed by atoms with Gasteiger partial charge in [0.25, 0.3) is 0 Å². The van der Waals surface area contributed by atoms with E-state index in [4.69, 9.17) is 5.73 Å². The van der Waals surface area contributed by atoms with Gasteiger partial charge in [-0.1, -0.05) is 0 Å². The van der Waals surface area contributed by atoms with E-state index in [0.717, 1.165) is 24.2 Å². The Labute approximate surface area is 83.3 Å². The van der Waals surface area contributed by atoms with Gasteiger partial charge in [-0.25, -0.2) is 4.99 Å². The van der Waals surface area contributed by atoms with Gasteiger partial charge in [-0.2, -0.15) is 0 Å². The van der Waals surface area contributed by atoms with Gasteiger partial charge in [0.2, 0.25) is 0 Å². The number of hydrogen-bond acceptors (Lipinski definition) is 2. The fourth-order valence-electron chi connectivity index (χ4n) is 1.12. The molecule has 1 aliphatic rings. The van der Waals surface area contributed by atoms with E-state index in [1.54, 1.807) is 6.20 Å². The van der Waals surface area contributed by atoms with Gasteiger partial charge >= 0.3 is 0 Å². The number of nitrogens with zero attached hydrogens (tertiary/aromatic N) is 2. The molecular weight excluding hydrogens is 176 g/mol. The predicted molar refractivity (Wildman–Crippen MR) is 57.2 cm³/mol. The van der Waals surface area contributed by atoms with Crippen molar-refractivity contribution < 1.29 is 0 Å². The van der Waals surface area contributed by atoms with Crippen LogP contribution >= 0.6 is 0 Å². The second kappa shape index (κ2) is 3.65.